The molecule has 30 heavy (non-hydrogen) atoms. The predicted molar refractivity (Wildman–Crippen MR) is 121 cm³/mol. The molecule has 0 aliphatic heterocycles. The van der Waals surface area contributed by atoms with Crippen LogP contribution in [0.5, 0.6) is 11.5 Å². The number of hydrogen-bond donors (Lipinski definition) is 1. The van der Waals surface area contributed by atoms with Gasteiger partial charge in [-0.05, 0) is 67.1 Å². The van der Waals surface area contributed by atoms with Gasteiger partial charge in [-0.25, -0.2) is 0 Å². The monoisotopic (exact) mass is 463 g/mol. The van der Waals surface area contributed by atoms with Crippen LogP contribution in [0.15, 0.2) is 60.7 Å². The maximum atomic E-state index is 12.7. The zero-order valence-electron chi connectivity index (χ0n) is 16.3. The molecule has 3 aromatic carbocycles. The lowest BCUT2D eigenvalue weighted by Crippen LogP contribution is -2.23. The molecule has 0 heterocycles. The normalized spacial score (nSPS) is 10.5. The highest BCUT2D eigenvalue weighted by Gasteiger charge is 2.12. The molecule has 156 valence electrons. The summed E-state index contributed by atoms with van der Waals surface area (Å²) in [5, 5.41) is 4.56. The fourth-order valence-electron chi connectivity index (χ4n) is 2.76. The minimum absolute atomic E-state index is 0.225. The molecule has 0 fully saturated rings. The highest BCUT2D eigenvalue weighted by molar-refractivity contribution is 6.35. The first-order valence-corrected chi connectivity index (χ1v) is 10.5. The number of benzene rings is 3. The minimum atomic E-state index is -0.225. The molecule has 4 nitrogen and oxygen atoms in total. The maximum Gasteiger partial charge on any atom is 0.251 e. The second kappa shape index (κ2) is 10.6. The molecule has 0 radical (unpaired) electrons. The molecule has 0 saturated heterocycles. The molecule has 0 spiro atoms. The van der Waals surface area contributed by atoms with Crippen LogP contribution in [0.2, 0.25) is 15.1 Å². The Bertz CT molecular complexity index is 1020. The maximum absolute atomic E-state index is 12.7. The van der Waals surface area contributed by atoms with Crippen molar-refractivity contribution in [3.8, 4) is 11.5 Å². The van der Waals surface area contributed by atoms with Crippen molar-refractivity contribution in [3.63, 3.8) is 0 Å². The van der Waals surface area contributed by atoms with E-state index in [9.17, 15) is 4.79 Å². The second-order valence-electron chi connectivity index (χ2n) is 6.42. The smallest absolute Gasteiger partial charge is 0.251 e. The zero-order valence-corrected chi connectivity index (χ0v) is 18.5. The summed E-state index contributed by atoms with van der Waals surface area (Å²) in [5.74, 6) is 1.12. The molecule has 3 rings (SSSR count). The average Bonchev–Trinajstić information content (AvgIpc) is 2.73. The molecule has 0 aliphatic carbocycles. The molecule has 1 amide bonds. The summed E-state index contributed by atoms with van der Waals surface area (Å²) in [5.41, 5.74) is 2.05. The van der Waals surface area contributed by atoms with Crippen LogP contribution in [-0.2, 0) is 13.2 Å². The lowest BCUT2D eigenvalue weighted by atomic mass is 10.1. The molecule has 7 heteroatoms. The Labute approximate surface area is 190 Å². The molecule has 0 aliphatic rings. The van der Waals surface area contributed by atoms with Gasteiger partial charge in [0, 0.05) is 32.7 Å². The number of amides is 1. The Balaban J connectivity index is 1.71. The fraction of sp³-hybridized carbons (Fsp3) is 0.174. The largest absolute Gasteiger partial charge is 0.493 e. The number of hydrogen-bond acceptors (Lipinski definition) is 3. The minimum Gasteiger partial charge on any atom is -0.493 e. The van der Waals surface area contributed by atoms with E-state index in [4.69, 9.17) is 44.3 Å². The van der Waals surface area contributed by atoms with Gasteiger partial charge >= 0.3 is 0 Å². The van der Waals surface area contributed by atoms with Gasteiger partial charge in [-0.1, -0.05) is 40.9 Å². The van der Waals surface area contributed by atoms with Crippen LogP contribution in [-0.4, -0.2) is 12.5 Å². The second-order valence-corrected chi connectivity index (χ2v) is 7.70. The molecular weight excluding hydrogens is 445 g/mol. The van der Waals surface area contributed by atoms with E-state index in [-0.39, 0.29) is 12.5 Å². The zero-order chi connectivity index (χ0) is 21.5. The Morgan fingerprint density at radius 3 is 2.30 bits per heavy atom. The number of rotatable bonds is 8. The van der Waals surface area contributed by atoms with Crippen LogP contribution >= 0.6 is 34.8 Å². The summed E-state index contributed by atoms with van der Waals surface area (Å²) in [4.78, 5) is 12.7. The molecule has 1 N–H and O–H groups in total. The van der Waals surface area contributed by atoms with Crippen molar-refractivity contribution in [1.29, 1.82) is 0 Å². The lowest BCUT2D eigenvalue weighted by molar-refractivity contribution is 0.0950. The number of nitrogens with one attached hydrogen (secondary N) is 1. The summed E-state index contributed by atoms with van der Waals surface area (Å²) in [7, 11) is 0. The molecular formula is C23H20Cl3NO3. The molecule has 0 aromatic heterocycles. The predicted octanol–water partition coefficient (Wildman–Crippen LogP) is 6.55. The summed E-state index contributed by atoms with van der Waals surface area (Å²) >= 11 is 18.0. The van der Waals surface area contributed by atoms with Crippen LogP contribution in [0.25, 0.3) is 0 Å². The Hall–Kier alpha value is -2.40. The van der Waals surface area contributed by atoms with Crippen molar-refractivity contribution >= 4 is 40.7 Å². The van der Waals surface area contributed by atoms with Crippen molar-refractivity contribution in [3.05, 3.63) is 92.4 Å². The highest BCUT2D eigenvalue weighted by atomic mass is 35.5. The first kappa shape index (κ1) is 22.3. The summed E-state index contributed by atoms with van der Waals surface area (Å²) < 4.78 is 11.5. The molecule has 0 bridgehead atoms. The van der Waals surface area contributed by atoms with Crippen LogP contribution in [0.1, 0.15) is 28.4 Å². The highest BCUT2D eigenvalue weighted by Crippen LogP contribution is 2.24. The SMILES string of the molecule is CCOc1ccc(C(=O)NCc2ccc(Cl)cc2Cl)cc1COc1ccc(Cl)cc1. The van der Waals surface area contributed by atoms with Crippen LogP contribution in [0, 0.1) is 0 Å². The quantitative estimate of drug-likeness (QED) is 0.411. The van der Waals surface area contributed by atoms with Crippen molar-refractivity contribution in [1.82, 2.24) is 5.32 Å². The van der Waals surface area contributed by atoms with Gasteiger partial charge in [-0.3, -0.25) is 4.79 Å². The summed E-state index contributed by atoms with van der Waals surface area (Å²) in [6, 6.07) is 17.5. The number of ether oxygens (including phenoxy) is 2. The van der Waals surface area contributed by atoms with E-state index in [1.807, 2.05) is 6.92 Å². The first-order chi connectivity index (χ1) is 14.5. The third-order valence-electron chi connectivity index (χ3n) is 4.29. The molecule has 3 aromatic rings. The Morgan fingerprint density at radius 1 is 0.867 bits per heavy atom. The van der Waals surface area contributed by atoms with Crippen LogP contribution in [0.4, 0.5) is 0 Å². The molecule has 0 saturated carbocycles. The third-order valence-corrected chi connectivity index (χ3v) is 5.12. The average molecular weight is 465 g/mol. The van der Waals surface area contributed by atoms with Crippen LogP contribution < -0.4 is 14.8 Å². The fourth-order valence-corrected chi connectivity index (χ4v) is 3.37. The van der Waals surface area contributed by atoms with Gasteiger partial charge < -0.3 is 14.8 Å². The van der Waals surface area contributed by atoms with Gasteiger partial charge in [-0.2, -0.15) is 0 Å². The number of carbonyl (C=O) groups is 1. The van der Waals surface area contributed by atoms with Crippen molar-refractivity contribution in [2.45, 2.75) is 20.1 Å². The van der Waals surface area contributed by atoms with E-state index in [0.717, 1.165) is 11.1 Å². The first-order valence-electron chi connectivity index (χ1n) is 9.32. The summed E-state index contributed by atoms with van der Waals surface area (Å²) in [6.07, 6.45) is 0. The lowest BCUT2D eigenvalue weighted by Gasteiger charge is -2.14. The standard InChI is InChI=1S/C23H20Cl3NO3/c1-2-29-22-10-4-15(11-17(22)14-30-20-8-6-18(24)7-9-20)23(28)27-13-16-3-5-19(25)12-21(16)26/h3-12H,2,13-14H2,1H3,(H,27,28). The van der Waals surface area contributed by atoms with Gasteiger partial charge in [0.1, 0.15) is 18.1 Å². The van der Waals surface area contributed by atoms with Gasteiger partial charge in [-0.15, -0.1) is 0 Å². The Kier molecular flexibility index (Phi) is 7.86. The molecule has 0 unspecified atom stereocenters. The van der Waals surface area contributed by atoms with Gasteiger partial charge in [0.05, 0.1) is 6.61 Å². The topological polar surface area (TPSA) is 47.6 Å². The number of carbonyl (C=O) groups excluding carboxylic acids is 1. The van der Waals surface area contributed by atoms with Gasteiger partial charge in [0.25, 0.3) is 5.91 Å². The van der Waals surface area contributed by atoms with Gasteiger partial charge in [0.2, 0.25) is 0 Å². The van der Waals surface area contributed by atoms with E-state index in [2.05, 4.69) is 5.32 Å². The van der Waals surface area contributed by atoms with E-state index in [1.165, 1.54) is 0 Å². The van der Waals surface area contributed by atoms with Crippen LogP contribution in [0.3, 0.4) is 0 Å². The third kappa shape index (κ3) is 6.05. The van der Waals surface area contributed by atoms with Crippen molar-refractivity contribution in [2.24, 2.45) is 0 Å². The van der Waals surface area contributed by atoms with Crippen molar-refractivity contribution in [2.75, 3.05) is 6.61 Å². The Morgan fingerprint density at radius 2 is 1.60 bits per heavy atom. The molecule has 0 atom stereocenters. The van der Waals surface area contributed by atoms with E-state index < -0.39 is 0 Å². The van der Waals surface area contributed by atoms with E-state index >= 15 is 0 Å². The van der Waals surface area contributed by atoms with E-state index in [0.29, 0.717) is 45.3 Å². The van der Waals surface area contributed by atoms with Crippen molar-refractivity contribution < 1.29 is 14.3 Å². The number of halogens is 3. The summed E-state index contributed by atoms with van der Waals surface area (Å²) in [6.45, 7) is 2.95. The van der Waals surface area contributed by atoms with E-state index in [1.54, 1.807) is 60.7 Å². The van der Waals surface area contributed by atoms with Gasteiger partial charge in [0.15, 0.2) is 0 Å².